The maximum Gasteiger partial charge on any atom is 0.0162 e. The Morgan fingerprint density at radius 3 is 1.70 bits per heavy atom. The van der Waals surface area contributed by atoms with E-state index < -0.39 is 0 Å². The van der Waals surface area contributed by atoms with E-state index in [1.54, 1.807) is 0 Å². The van der Waals surface area contributed by atoms with Gasteiger partial charge in [0.25, 0.3) is 0 Å². The van der Waals surface area contributed by atoms with Crippen LogP contribution in [-0.4, -0.2) is 0 Å². The van der Waals surface area contributed by atoms with E-state index in [2.05, 4.69) is 88.4 Å². The van der Waals surface area contributed by atoms with Crippen molar-refractivity contribution in [3.63, 3.8) is 0 Å². The van der Waals surface area contributed by atoms with Crippen molar-refractivity contribution in [3.8, 4) is 11.1 Å². The summed E-state index contributed by atoms with van der Waals surface area (Å²) in [4.78, 5) is 0. The summed E-state index contributed by atoms with van der Waals surface area (Å²) in [6.07, 6.45) is 9.08. The van der Waals surface area contributed by atoms with Crippen molar-refractivity contribution in [2.24, 2.45) is 11.3 Å². The maximum absolute atomic E-state index is 2.42. The fourth-order valence-electron chi connectivity index (χ4n) is 4.63. The highest BCUT2D eigenvalue weighted by Crippen LogP contribution is 2.57. The standard InChI is InChI=1S/C23H24/c1-15-9-7-13-18-20(15)21-16(2)10-8-14-19(21)22(18)23(3,4)17-11-5-6-12-17/h5-14,17,22H,1-4H3. The SMILES string of the molecule is Cc1cccc2c1-c1c(C)cccc1C2C(C)(C)C1C=CC=C1. The van der Waals surface area contributed by atoms with Gasteiger partial charge in [0.2, 0.25) is 0 Å². The van der Waals surface area contributed by atoms with Crippen LogP contribution in [0.25, 0.3) is 11.1 Å². The Morgan fingerprint density at radius 1 is 0.739 bits per heavy atom. The van der Waals surface area contributed by atoms with Crippen molar-refractivity contribution >= 4 is 0 Å². The molecule has 4 rings (SSSR count). The Morgan fingerprint density at radius 2 is 1.22 bits per heavy atom. The van der Waals surface area contributed by atoms with Gasteiger partial charge >= 0.3 is 0 Å². The molecule has 116 valence electrons. The molecule has 0 heterocycles. The average Bonchev–Trinajstić information content (AvgIpc) is 3.14. The average molecular weight is 300 g/mol. The van der Waals surface area contributed by atoms with Crippen LogP contribution in [0.3, 0.4) is 0 Å². The highest BCUT2D eigenvalue weighted by atomic mass is 14.5. The van der Waals surface area contributed by atoms with E-state index in [4.69, 9.17) is 0 Å². The highest BCUT2D eigenvalue weighted by Gasteiger charge is 2.43. The maximum atomic E-state index is 2.42. The fraction of sp³-hybridized carbons (Fsp3) is 0.304. The van der Waals surface area contributed by atoms with E-state index in [0.29, 0.717) is 11.8 Å². The molecular weight excluding hydrogens is 276 g/mol. The second-order valence-electron chi connectivity index (χ2n) is 7.63. The molecule has 23 heavy (non-hydrogen) atoms. The van der Waals surface area contributed by atoms with Gasteiger partial charge in [0.15, 0.2) is 0 Å². The number of hydrogen-bond donors (Lipinski definition) is 0. The van der Waals surface area contributed by atoms with Crippen LogP contribution in [0.15, 0.2) is 60.7 Å². The number of rotatable bonds is 2. The Labute approximate surface area is 139 Å². The zero-order valence-electron chi connectivity index (χ0n) is 14.4. The van der Waals surface area contributed by atoms with Crippen molar-refractivity contribution in [2.45, 2.75) is 33.6 Å². The lowest BCUT2D eigenvalue weighted by Crippen LogP contribution is -2.28. The third-order valence-corrected chi connectivity index (χ3v) is 5.83. The fourth-order valence-corrected chi connectivity index (χ4v) is 4.63. The van der Waals surface area contributed by atoms with Gasteiger partial charge in [-0.15, -0.1) is 0 Å². The Kier molecular flexibility index (Phi) is 3.13. The Bertz CT molecular complexity index is 770. The van der Waals surface area contributed by atoms with Crippen molar-refractivity contribution in [1.82, 2.24) is 0 Å². The third kappa shape index (κ3) is 1.97. The first-order valence-electron chi connectivity index (χ1n) is 8.56. The first kappa shape index (κ1) is 14.5. The molecule has 0 bridgehead atoms. The number of allylic oxidation sites excluding steroid dienone is 4. The largest absolute Gasteiger partial charge is 0.0771 e. The summed E-state index contributed by atoms with van der Waals surface area (Å²) in [6.45, 7) is 9.34. The van der Waals surface area contributed by atoms with E-state index in [-0.39, 0.29) is 5.41 Å². The third-order valence-electron chi connectivity index (χ3n) is 5.83. The van der Waals surface area contributed by atoms with Crippen LogP contribution in [0.4, 0.5) is 0 Å². The molecular formula is C23H24. The lowest BCUT2D eigenvalue weighted by atomic mass is 9.66. The van der Waals surface area contributed by atoms with E-state index >= 15 is 0 Å². The van der Waals surface area contributed by atoms with Crippen LogP contribution in [0.2, 0.25) is 0 Å². The van der Waals surface area contributed by atoms with E-state index in [0.717, 1.165) is 0 Å². The molecule has 0 spiro atoms. The molecule has 0 aliphatic heterocycles. The molecule has 0 atom stereocenters. The smallest absolute Gasteiger partial charge is 0.0162 e. The monoisotopic (exact) mass is 300 g/mol. The molecule has 2 aromatic carbocycles. The minimum atomic E-state index is 0.158. The van der Waals surface area contributed by atoms with Crippen molar-refractivity contribution in [1.29, 1.82) is 0 Å². The van der Waals surface area contributed by atoms with Gasteiger partial charge in [-0.3, -0.25) is 0 Å². The number of fused-ring (bicyclic) bond motifs is 3. The zero-order valence-corrected chi connectivity index (χ0v) is 14.4. The van der Waals surface area contributed by atoms with E-state index in [1.807, 2.05) is 0 Å². The molecule has 0 aromatic heterocycles. The number of benzene rings is 2. The van der Waals surface area contributed by atoms with Crippen LogP contribution in [0.5, 0.6) is 0 Å². The molecule has 0 fully saturated rings. The minimum Gasteiger partial charge on any atom is -0.0771 e. The molecule has 0 heteroatoms. The summed E-state index contributed by atoms with van der Waals surface area (Å²) in [6, 6.07) is 13.6. The molecule has 2 aliphatic rings. The van der Waals surface area contributed by atoms with E-state index in [1.165, 1.54) is 33.4 Å². The van der Waals surface area contributed by atoms with Crippen LogP contribution in [0, 0.1) is 25.2 Å². The zero-order chi connectivity index (χ0) is 16.2. The van der Waals surface area contributed by atoms with Gasteiger partial charge in [-0.1, -0.05) is 74.5 Å². The van der Waals surface area contributed by atoms with Crippen molar-refractivity contribution in [3.05, 3.63) is 83.0 Å². The quantitative estimate of drug-likeness (QED) is 0.621. The molecule has 2 aromatic rings. The van der Waals surface area contributed by atoms with Crippen LogP contribution >= 0.6 is 0 Å². The van der Waals surface area contributed by atoms with Crippen LogP contribution in [-0.2, 0) is 0 Å². The summed E-state index contributed by atoms with van der Waals surface area (Å²) in [5.74, 6) is 0.942. The molecule has 0 N–H and O–H groups in total. The molecule has 0 amide bonds. The molecule has 0 saturated heterocycles. The summed E-state index contributed by atoms with van der Waals surface area (Å²) in [5, 5.41) is 0. The molecule has 0 saturated carbocycles. The lowest BCUT2D eigenvalue weighted by Gasteiger charge is -2.37. The summed E-state index contributed by atoms with van der Waals surface area (Å²) < 4.78 is 0. The normalized spacial score (nSPS) is 16.9. The predicted molar refractivity (Wildman–Crippen MR) is 98.7 cm³/mol. The summed E-state index contributed by atoms with van der Waals surface area (Å²) in [5.41, 5.74) is 8.92. The second-order valence-corrected chi connectivity index (χ2v) is 7.63. The van der Waals surface area contributed by atoms with Gasteiger partial charge in [0, 0.05) is 11.8 Å². The molecule has 0 radical (unpaired) electrons. The highest BCUT2D eigenvalue weighted by molar-refractivity contribution is 5.84. The second kappa shape index (κ2) is 4.96. The molecule has 0 nitrogen and oxygen atoms in total. The number of aryl methyl sites for hydroxylation is 2. The van der Waals surface area contributed by atoms with E-state index in [9.17, 15) is 0 Å². The predicted octanol–water partition coefficient (Wildman–Crippen LogP) is 6.18. The van der Waals surface area contributed by atoms with Gasteiger partial charge in [0.05, 0.1) is 0 Å². The Hall–Kier alpha value is -2.08. The first-order valence-corrected chi connectivity index (χ1v) is 8.56. The van der Waals surface area contributed by atoms with Gasteiger partial charge < -0.3 is 0 Å². The summed E-state index contributed by atoms with van der Waals surface area (Å²) >= 11 is 0. The van der Waals surface area contributed by atoms with Gasteiger partial charge in [-0.05, 0) is 52.6 Å². The van der Waals surface area contributed by atoms with Gasteiger partial charge in [-0.25, -0.2) is 0 Å². The van der Waals surface area contributed by atoms with Crippen molar-refractivity contribution in [2.75, 3.05) is 0 Å². The number of hydrogen-bond acceptors (Lipinski definition) is 0. The lowest BCUT2D eigenvalue weighted by molar-refractivity contribution is 0.267. The molecule has 2 aliphatic carbocycles. The minimum absolute atomic E-state index is 0.158. The van der Waals surface area contributed by atoms with Crippen LogP contribution < -0.4 is 0 Å². The summed E-state index contributed by atoms with van der Waals surface area (Å²) in [7, 11) is 0. The van der Waals surface area contributed by atoms with Gasteiger partial charge in [0.1, 0.15) is 0 Å². The topological polar surface area (TPSA) is 0 Å². The Balaban J connectivity index is 1.99. The van der Waals surface area contributed by atoms with Crippen molar-refractivity contribution < 1.29 is 0 Å². The molecule has 0 unspecified atom stereocenters. The van der Waals surface area contributed by atoms with Gasteiger partial charge in [-0.2, -0.15) is 0 Å². The van der Waals surface area contributed by atoms with Crippen LogP contribution in [0.1, 0.15) is 42.0 Å². The first-order chi connectivity index (χ1) is 11.0.